The summed E-state index contributed by atoms with van der Waals surface area (Å²) in [6.45, 7) is 0. The number of allylic oxidation sites excluding steroid dienone is 5. The molecular weight excluding hydrogens is 510 g/mol. The summed E-state index contributed by atoms with van der Waals surface area (Å²) in [5.74, 6) is -0.328. The van der Waals surface area contributed by atoms with Crippen molar-refractivity contribution in [2.45, 2.75) is 6.42 Å². The quantitative estimate of drug-likeness (QED) is 0.294. The molecule has 0 atom stereocenters. The molecule has 7 heteroatoms. The second-order valence-electron chi connectivity index (χ2n) is 7.05. The first kappa shape index (κ1) is 18.0. The number of hydrogen-bond donors (Lipinski definition) is 0. The van der Waals surface area contributed by atoms with Crippen molar-refractivity contribution >= 4 is 62.7 Å². The molecule has 144 valence electrons. The number of rotatable bonds is 2. The van der Waals surface area contributed by atoms with Crippen LogP contribution in [0.5, 0.6) is 0 Å². The topological polar surface area (TPSA) is 63.2 Å². The fourth-order valence-electron chi connectivity index (χ4n) is 3.93. The van der Waals surface area contributed by atoms with Gasteiger partial charge in [-0.15, -0.1) is 0 Å². The number of pyridine rings is 2. The normalized spacial score (nSPS) is 18.3. The number of fused-ring (bicyclic) bond motifs is 3. The van der Waals surface area contributed by atoms with Gasteiger partial charge in [0, 0.05) is 0 Å². The molecule has 5 nitrogen and oxygen atoms in total. The van der Waals surface area contributed by atoms with Crippen LogP contribution in [0.2, 0.25) is 0 Å². The molecule has 0 spiro atoms. The maximum atomic E-state index is 12.6. The fourth-order valence-corrected chi connectivity index (χ4v) is 7.45. The summed E-state index contributed by atoms with van der Waals surface area (Å²) in [4.78, 5) is 37.2. The van der Waals surface area contributed by atoms with Crippen LogP contribution >= 0.6 is 11.3 Å². The third-order valence-corrected chi connectivity index (χ3v) is 9.09. The van der Waals surface area contributed by atoms with Crippen LogP contribution in [0, 0.1) is 0 Å². The molecular formula is C23H13N3O2STe. The molecule has 0 saturated carbocycles. The molecule has 3 aromatic rings. The number of aromatic nitrogens is 2. The molecule has 2 aliphatic carbocycles. The van der Waals surface area contributed by atoms with Gasteiger partial charge in [0.25, 0.3) is 0 Å². The predicted octanol–water partition coefficient (Wildman–Crippen LogP) is 2.86. The van der Waals surface area contributed by atoms with Gasteiger partial charge in [0.05, 0.1) is 0 Å². The molecule has 3 aromatic heterocycles. The summed E-state index contributed by atoms with van der Waals surface area (Å²) in [5, 5.41) is 1.79. The van der Waals surface area contributed by atoms with Crippen molar-refractivity contribution < 1.29 is 9.59 Å². The molecule has 0 saturated heterocycles. The Balaban J connectivity index is 1.33. The predicted molar refractivity (Wildman–Crippen MR) is 117 cm³/mol. The number of thiophene rings is 1. The van der Waals surface area contributed by atoms with Crippen molar-refractivity contribution in [3.05, 3.63) is 93.6 Å². The van der Waals surface area contributed by atoms with E-state index in [2.05, 4.69) is 33.1 Å². The molecule has 0 radical (unpaired) electrons. The van der Waals surface area contributed by atoms with Gasteiger partial charge >= 0.3 is 187 Å². The Labute approximate surface area is 186 Å². The monoisotopic (exact) mass is 525 g/mol. The molecule has 0 unspecified atom stereocenters. The van der Waals surface area contributed by atoms with Crippen molar-refractivity contribution in [1.29, 1.82) is 0 Å². The van der Waals surface area contributed by atoms with Crippen LogP contribution in [-0.2, 0) is 0 Å². The standard InChI is InChI=1S/C23H13N3O2STe/c27-19-15-7-10-29-21(15)20(28)16(19)12-13-5-6-14(11-13)26-17-3-1-8-24-22(17)30-23-18(26)4-2-9-25-23/h1-10,12H,11H2/b16-12+. The van der Waals surface area contributed by atoms with E-state index in [1.54, 1.807) is 17.5 Å². The Hall–Kier alpha value is -2.85. The van der Waals surface area contributed by atoms with Gasteiger partial charge in [0.15, 0.2) is 0 Å². The van der Waals surface area contributed by atoms with Gasteiger partial charge in [-0.3, -0.25) is 0 Å². The van der Waals surface area contributed by atoms with Gasteiger partial charge in [-0.05, 0) is 0 Å². The van der Waals surface area contributed by atoms with Crippen LogP contribution < -0.4 is 12.4 Å². The number of nitrogens with zero attached hydrogens (tertiary/aromatic N) is 3. The SMILES string of the molecule is O=C1/C(=C\C2=CC=C(N3c4cccnc4[Te]c4ncccc43)C2)C(=O)c2sccc21. The van der Waals surface area contributed by atoms with Gasteiger partial charge in [0.2, 0.25) is 0 Å². The molecule has 0 N–H and O–H groups in total. The third kappa shape index (κ3) is 2.67. The van der Waals surface area contributed by atoms with E-state index in [0.717, 1.165) is 30.1 Å². The summed E-state index contributed by atoms with van der Waals surface area (Å²) in [7, 11) is 0. The summed E-state index contributed by atoms with van der Waals surface area (Å²) >= 11 is 0.693. The Morgan fingerprint density at radius 2 is 1.70 bits per heavy atom. The van der Waals surface area contributed by atoms with Crippen molar-refractivity contribution in [3.8, 4) is 0 Å². The zero-order valence-corrected chi connectivity index (χ0v) is 18.7. The van der Waals surface area contributed by atoms with E-state index >= 15 is 0 Å². The Morgan fingerprint density at radius 3 is 2.40 bits per heavy atom. The number of anilines is 2. The van der Waals surface area contributed by atoms with Crippen LogP contribution in [0.1, 0.15) is 26.5 Å². The molecule has 0 aromatic carbocycles. The van der Waals surface area contributed by atoms with Crippen molar-refractivity contribution in [2.75, 3.05) is 4.90 Å². The van der Waals surface area contributed by atoms with E-state index in [9.17, 15) is 9.59 Å². The summed E-state index contributed by atoms with van der Waals surface area (Å²) < 4.78 is 2.24. The number of carbonyl (C=O) groups excluding carboxylic acids is 2. The number of Topliss-reactive ketones (excluding diaryl/α,β-unsaturated/α-hetero) is 2. The fraction of sp³-hybridized carbons (Fsp3) is 0.0435. The van der Waals surface area contributed by atoms with Crippen molar-refractivity contribution in [1.82, 2.24) is 9.97 Å². The minimum atomic E-state index is -0.638. The Bertz CT molecular complexity index is 1270. The van der Waals surface area contributed by atoms with Crippen LogP contribution in [-0.4, -0.2) is 42.5 Å². The molecule has 3 aliphatic rings. The molecule has 0 bridgehead atoms. The molecule has 6 rings (SSSR count). The second kappa shape index (κ2) is 6.85. The Morgan fingerprint density at radius 1 is 0.967 bits per heavy atom. The molecule has 0 amide bonds. The van der Waals surface area contributed by atoms with Crippen molar-refractivity contribution in [2.24, 2.45) is 0 Å². The van der Waals surface area contributed by atoms with E-state index in [4.69, 9.17) is 0 Å². The average Bonchev–Trinajstić information content (AvgIpc) is 3.48. The second-order valence-corrected chi connectivity index (χ2v) is 10.8. The van der Waals surface area contributed by atoms with E-state index in [0.29, 0.717) is 16.9 Å². The molecule has 0 fully saturated rings. The van der Waals surface area contributed by atoms with Gasteiger partial charge in [-0.1, -0.05) is 0 Å². The van der Waals surface area contributed by atoms with Gasteiger partial charge in [-0.25, -0.2) is 0 Å². The zero-order valence-electron chi connectivity index (χ0n) is 15.5. The van der Waals surface area contributed by atoms with E-state index < -0.39 is 20.9 Å². The number of ketones is 2. The average molecular weight is 523 g/mol. The Kier molecular flexibility index (Phi) is 4.10. The third-order valence-electron chi connectivity index (χ3n) is 5.27. The van der Waals surface area contributed by atoms with Crippen LogP contribution in [0.15, 0.2) is 83.2 Å². The number of hydrogen-bond acceptors (Lipinski definition) is 6. The summed E-state index contributed by atoms with van der Waals surface area (Å²) in [6.07, 6.45) is 10.1. The molecule has 1 aliphatic heterocycles. The van der Waals surface area contributed by atoms with Crippen LogP contribution in [0.3, 0.4) is 0 Å². The first-order valence-corrected chi connectivity index (χ1v) is 12.6. The maximum absolute atomic E-state index is 12.6. The zero-order chi connectivity index (χ0) is 20.2. The van der Waals surface area contributed by atoms with Gasteiger partial charge < -0.3 is 0 Å². The van der Waals surface area contributed by atoms with E-state index in [1.165, 1.54) is 11.3 Å². The summed E-state index contributed by atoms with van der Waals surface area (Å²) in [5.41, 5.74) is 5.05. The first-order valence-electron chi connectivity index (χ1n) is 9.37. The van der Waals surface area contributed by atoms with E-state index in [1.807, 2.05) is 30.6 Å². The number of carbonyl (C=O) groups is 2. The van der Waals surface area contributed by atoms with Crippen LogP contribution in [0.25, 0.3) is 0 Å². The first-order chi connectivity index (χ1) is 14.7. The minimum absolute atomic E-state index is 0.160. The molecule has 30 heavy (non-hydrogen) atoms. The van der Waals surface area contributed by atoms with Gasteiger partial charge in [-0.2, -0.15) is 0 Å². The van der Waals surface area contributed by atoms with Crippen LogP contribution in [0.4, 0.5) is 11.4 Å². The van der Waals surface area contributed by atoms with E-state index in [-0.39, 0.29) is 17.1 Å². The summed E-state index contributed by atoms with van der Waals surface area (Å²) in [6, 6.07) is 9.85. The van der Waals surface area contributed by atoms with Crippen molar-refractivity contribution in [3.63, 3.8) is 0 Å². The van der Waals surface area contributed by atoms with Gasteiger partial charge in [0.1, 0.15) is 0 Å². The molecule has 4 heterocycles.